The molecular formula is C20H19NO3. The first kappa shape index (κ1) is 14.8. The molecular weight excluding hydrogens is 302 g/mol. The number of aryl methyl sites for hydroxylation is 2. The molecule has 4 rings (SSSR count). The number of carbonyl (C=O) groups is 1. The van der Waals surface area contributed by atoms with E-state index in [9.17, 15) is 4.79 Å². The van der Waals surface area contributed by atoms with Gasteiger partial charge in [-0.25, -0.2) is 0 Å². The highest BCUT2D eigenvalue weighted by Gasteiger charge is 2.15. The van der Waals surface area contributed by atoms with Crippen LogP contribution in [0.25, 0.3) is 11.0 Å². The van der Waals surface area contributed by atoms with Gasteiger partial charge in [0.05, 0.1) is 19.3 Å². The molecule has 0 saturated heterocycles. The van der Waals surface area contributed by atoms with Crippen molar-refractivity contribution in [3.8, 4) is 5.75 Å². The van der Waals surface area contributed by atoms with Crippen LogP contribution in [0.2, 0.25) is 0 Å². The lowest BCUT2D eigenvalue weighted by molar-refractivity contribution is -0.115. The second-order valence-electron chi connectivity index (χ2n) is 6.29. The van der Waals surface area contributed by atoms with E-state index in [1.807, 2.05) is 31.2 Å². The molecule has 0 saturated carbocycles. The summed E-state index contributed by atoms with van der Waals surface area (Å²) in [5.74, 6) is 0.870. The van der Waals surface area contributed by atoms with Crippen molar-refractivity contribution < 1.29 is 13.9 Å². The maximum atomic E-state index is 12.4. The topological polar surface area (TPSA) is 51.5 Å². The molecule has 0 bridgehead atoms. The van der Waals surface area contributed by atoms with Gasteiger partial charge >= 0.3 is 0 Å². The number of hydrogen-bond acceptors (Lipinski definition) is 3. The molecule has 1 amide bonds. The van der Waals surface area contributed by atoms with Crippen LogP contribution < -0.4 is 10.1 Å². The summed E-state index contributed by atoms with van der Waals surface area (Å²) in [7, 11) is 0. The SMILES string of the molecule is Cc1ccc2c(CC(=O)Nc3ccc4c(c3)CCO4)coc2c1C. The molecule has 4 nitrogen and oxygen atoms in total. The molecule has 4 heteroatoms. The molecule has 2 aromatic carbocycles. The molecule has 0 spiro atoms. The standard InChI is InChI=1S/C20H19NO3/c1-12-3-5-17-15(11-24-20(17)13(12)2)10-19(22)21-16-4-6-18-14(9-16)7-8-23-18/h3-6,9,11H,7-8,10H2,1-2H3,(H,21,22). The fraction of sp³-hybridized carbons (Fsp3) is 0.250. The zero-order chi connectivity index (χ0) is 16.7. The maximum absolute atomic E-state index is 12.4. The van der Waals surface area contributed by atoms with Crippen LogP contribution in [0.15, 0.2) is 41.0 Å². The molecule has 0 fully saturated rings. The van der Waals surface area contributed by atoms with Gasteiger partial charge in [0.25, 0.3) is 0 Å². The normalized spacial score (nSPS) is 12.9. The average Bonchev–Trinajstić information content (AvgIpc) is 3.18. The molecule has 1 N–H and O–H groups in total. The third-order valence-corrected chi connectivity index (χ3v) is 4.67. The van der Waals surface area contributed by atoms with Crippen LogP contribution >= 0.6 is 0 Å². The van der Waals surface area contributed by atoms with Crippen molar-refractivity contribution in [3.05, 3.63) is 58.8 Å². The summed E-state index contributed by atoms with van der Waals surface area (Å²) in [6.07, 6.45) is 2.88. The zero-order valence-corrected chi connectivity index (χ0v) is 13.8. The van der Waals surface area contributed by atoms with Gasteiger partial charge in [0, 0.05) is 23.1 Å². The zero-order valence-electron chi connectivity index (χ0n) is 13.8. The van der Waals surface area contributed by atoms with Gasteiger partial charge in [0.15, 0.2) is 0 Å². The van der Waals surface area contributed by atoms with Crippen LogP contribution in [0.4, 0.5) is 5.69 Å². The lowest BCUT2D eigenvalue weighted by atomic mass is 10.0. The second-order valence-corrected chi connectivity index (χ2v) is 6.29. The Balaban J connectivity index is 1.53. The van der Waals surface area contributed by atoms with Gasteiger partial charge in [-0.05, 0) is 48.7 Å². The van der Waals surface area contributed by atoms with Crippen LogP contribution in [0, 0.1) is 13.8 Å². The van der Waals surface area contributed by atoms with Gasteiger partial charge in [-0.1, -0.05) is 12.1 Å². The Morgan fingerprint density at radius 1 is 1.21 bits per heavy atom. The summed E-state index contributed by atoms with van der Waals surface area (Å²) in [4.78, 5) is 12.4. The number of furan rings is 1. The van der Waals surface area contributed by atoms with E-state index >= 15 is 0 Å². The van der Waals surface area contributed by atoms with Gasteiger partial charge in [0.2, 0.25) is 5.91 Å². The summed E-state index contributed by atoms with van der Waals surface area (Å²) >= 11 is 0. The van der Waals surface area contributed by atoms with E-state index in [0.29, 0.717) is 13.0 Å². The molecule has 2 heterocycles. The Morgan fingerprint density at radius 2 is 2.08 bits per heavy atom. The third kappa shape index (κ3) is 2.54. The number of ether oxygens (including phenoxy) is 1. The summed E-state index contributed by atoms with van der Waals surface area (Å²) in [5.41, 5.74) is 6.05. The first-order chi connectivity index (χ1) is 11.6. The van der Waals surface area contributed by atoms with E-state index in [1.54, 1.807) is 6.26 Å². The van der Waals surface area contributed by atoms with Gasteiger partial charge in [-0.15, -0.1) is 0 Å². The minimum absolute atomic E-state index is 0.0465. The molecule has 122 valence electrons. The van der Waals surface area contributed by atoms with Crippen molar-refractivity contribution >= 4 is 22.6 Å². The van der Waals surface area contributed by atoms with Crippen LogP contribution in [-0.2, 0) is 17.6 Å². The quantitative estimate of drug-likeness (QED) is 0.788. The molecule has 24 heavy (non-hydrogen) atoms. The first-order valence-electron chi connectivity index (χ1n) is 8.13. The molecule has 0 unspecified atom stereocenters. The van der Waals surface area contributed by atoms with Crippen molar-refractivity contribution in [2.75, 3.05) is 11.9 Å². The predicted octanol–water partition coefficient (Wildman–Crippen LogP) is 4.17. The van der Waals surface area contributed by atoms with Crippen molar-refractivity contribution in [1.82, 2.24) is 0 Å². The van der Waals surface area contributed by atoms with E-state index in [2.05, 4.69) is 18.3 Å². The van der Waals surface area contributed by atoms with Crippen molar-refractivity contribution in [2.24, 2.45) is 0 Å². The van der Waals surface area contributed by atoms with E-state index in [-0.39, 0.29) is 5.91 Å². The molecule has 1 aliphatic rings. The largest absolute Gasteiger partial charge is 0.493 e. The van der Waals surface area contributed by atoms with Crippen molar-refractivity contribution in [1.29, 1.82) is 0 Å². The Morgan fingerprint density at radius 3 is 2.96 bits per heavy atom. The average molecular weight is 321 g/mol. The fourth-order valence-electron chi connectivity index (χ4n) is 3.17. The minimum Gasteiger partial charge on any atom is -0.493 e. The van der Waals surface area contributed by atoms with Crippen molar-refractivity contribution in [3.63, 3.8) is 0 Å². The summed E-state index contributed by atoms with van der Waals surface area (Å²) in [5, 5.41) is 3.97. The number of benzene rings is 2. The smallest absolute Gasteiger partial charge is 0.228 e. The second kappa shape index (κ2) is 5.71. The van der Waals surface area contributed by atoms with Crippen LogP contribution in [-0.4, -0.2) is 12.5 Å². The highest BCUT2D eigenvalue weighted by atomic mass is 16.5. The van der Waals surface area contributed by atoms with E-state index in [0.717, 1.165) is 45.5 Å². The van der Waals surface area contributed by atoms with E-state index in [4.69, 9.17) is 9.15 Å². The number of fused-ring (bicyclic) bond motifs is 2. The summed E-state index contributed by atoms with van der Waals surface area (Å²) in [6, 6.07) is 9.87. The number of carbonyl (C=O) groups excluding carboxylic acids is 1. The molecule has 1 aromatic heterocycles. The predicted molar refractivity (Wildman–Crippen MR) is 93.7 cm³/mol. The third-order valence-electron chi connectivity index (χ3n) is 4.67. The Kier molecular flexibility index (Phi) is 3.53. The molecule has 3 aromatic rings. The van der Waals surface area contributed by atoms with Gasteiger partial charge in [-0.2, -0.15) is 0 Å². The number of amides is 1. The fourth-order valence-corrected chi connectivity index (χ4v) is 3.17. The first-order valence-corrected chi connectivity index (χ1v) is 8.13. The lowest BCUT2D eigenvalue weighted by Gasteiger charge is -2.06. The summed E-state index contributed by atoms with van der Waals surface area (Å²) in [6.45, 7) is 4.81. The van der Waals surface area contributed by atoms with E-state index in [1.165, 1.54) is 5.56 Å². The minimum atomic E-state index is -0.0465. The number of nitrogens with one attached hydrogen (secondary N) is 1. The van der Waals surface area contributed by atoms with Gasteiger partial charge in [0.1, 0.15) is 11.3 Å². The van der Waals surface area contributed by atoms with Crippen molar-refractivity contribution in [2.45, 2.75) is 26.7 Å². The summed E-state index contributed by atoms with van der Waals surface area (Å²) < 4.78 is 11.2. The Bertz CT molecular complexity index is 939. The maximum Gasteiger partial charge on any atom is 0.228 e. The van der Waals surface area contributed by atoms with Gasteiger partial charge < -0.3 is 14.5 Å². The molecule has 0 aliphatic carbocycles. The Hall–Kier alpha value is -2.75. The van der Waals surface area contributed by atoms with Gasteiger partial charge in [-0.3, -0.25) is 4.79 Å². The monoisotopic (exact) mass is 321 g/mol. The van der Waals surface area contributed by atoms with Crippen LogP contribution in [0.1, 0.15) is 22.3 Å². The number of hydrogen-bond donors (Lipinski definition) is 1. The highest BCUT2D eigenvalue weighted by molar-refractivity contribution is 5.96. The van der Waals surface area contributed by atoms with E-state index < -0.39 is 0 Å². The molecule has 0 atom stereocenters. The van der Waals surface area contributed by atoms with Crippen LogP contribution in [0.5, 0.6) is 5.75 Å². The molecule has 1 aliphatic heterocycles. The molecule has 0 radical (unpaired) electrons. The highest BCUT2D eigenvalue weighted by Crippen LogP contribution is 2.29. The number of anilines is 1. The number of rotatable bonds is 3. The lowest BCUT2D eigenvalue weighted by Crippen LogP contribution is -2.14. The van der Waals surface area contributed by atoms with Crippen LogP contribution in [0.3, 0.4) is 0 Å². The Labute approximate surface area is 140 Å².